The second kappa shape index (κ2) is 9.60. The lowest BCUT2D eigenvalue weighted by Crippen LogP contribution is -2.43. The SMILES string of the molecule is O=C(Nc1ccccn1)C1NNC2CC(F)C(c3cncc(CN4CCCCC4)c3)CC21. The molecule has 1 saturated carbocycles. The number of alkyl halides is 1. The number of anilines is 1. The zero-order valence-corrected chi connectivity index (χ0v) is 18.2. The molecule has 2 aromatic rings. The number of hydrogen-bond acceptors (Lipinski definition) is 6. The van der Waals surface area contributed by atoms with Crippen LogP contribution < -0.4 is 16.2 Å². The number of pyridine rings is 2. The Balaban J connectivity index is 1.28. The summed E-state index contributed by atoms with van der Waals surface area (Å²) in [7, 11) is 0. The maximum absolute atomic E-state index is 15.2. The Labute approximate surface area is 188 Å². The summed E-state index contributed by atoms with van der Waals surface area (Å²) in [5.41, 5.74) is 8.34. The zero-order valence-electron chi connectivity index (χ0n) is 18.2. The van der Waals surface area contributed by atoms with Gasteiger partial charge in [0.2, 0.25) is 5.91 Å². The van der Waals surface area contributed by atoms with Gasteiger partial charge in [-0.05, 0) is 62.0 Å². The van der Waals surface area contributed by atoms with Crippen molar-refractivity contribution in [3.05, 3.63) is 54.0 Å². The summed E-state index contributed by atoms with van der Waals surface area (Å²) >= 11 is 0. The molecule has 3 N–H and O–H groups in total. The van der Waals surface area contributed by atoms with E-state index >= 15 is 4.39 Å². The van der Waals surface area contributed by atoms with Crippen molar-refractivity contribution in [1.82, 2.24) is 25.7 Å². The van der Waals surface area contributed by atoms with Crippen LogP contribution in [0.4, 0.5) is 10.2 Å². The molecule has 1 amide bonds. The fraction of sp³-hybridized carbons (Fsp3) is 0.542. The molecular formula is C24H31FN6O. The summed E-state index contributed by atoms with van der Waals surface area (Å²) in [5.74, 6) is 0.128. The maximum Gasteiger partial charge on any atom is 0.244 e. The van der Waals surface area contributed by atoms with Gasteiger partial charge in [-0.2, -0.15) is 0 Å². The Morgan fingerprint density at radius 3 is 2.84 bits per heavy atom. The first-order chi connectivity index (χ1) is 15.7. The van der Waals surface area contributed by atoms with E-state index in [0.717, 1.165) is 30.8 Å². The minimum atomic E-state index is -0.963. The molecule has 2 aromatic heterocycles. The fourth-order valence-electron chi connectivity index (χ4n) is 5.44. The van der Waals surface area contributed by atoms with Crippen LogP contribution in [0.1, 0.15) is 49.1 Å². The first kappa shape index (κ1) is 21.4. The first-order valence-corrected chi connectivity index (χ1v) is 11.7. The lowest BCUT2D eigenvalue weighted by atomic mass is 9.72. The molecule has 2 saturated heterocycles. The normalized spacial score (nSPS) is 30.6. The van der Waals surface area contributed by atoms with E-state index in [2.05, 4.69) is 37.1 Å². The number of halogens is 1. The lowest BCUT2D eigenvalue weighted by Gasteiger charge is -2.35. The molecule has 0 bridgehead atoms. The Morgan fingerprint density at radius 2 is 2.03 bits per heavy atom. The van der Waals surface area contributed by atoms with Gasteiger partial charge in [0, 0.05) is 43.0 Å². The van der Waals surface area contributed by atoms with Gasteiger partial charge in [0.05, 0.1) is 0 Å². The number of piperidine rings is 1. The summed E-state index contributed by atoms with van der Waals surface area (Å²) in [6, 6.07) is 7.03. The molecule has 0 radical (unpaired) electrons. The molecule has 3 fully saturated rings. The number of rotatable bonds is 5. The van der Waals surface area contributed by atoms with E-state index in [9.17, 15) is 4.79 Å². The van der Waals surface area contributed by atoms with E-state index in [1.807, 2.05) is 18.3 Å². The van der Waals surface area contributed by atoms with Crippen LogP contribution in [-0.4, -0.2) is 52.1 Å². The number of aromatic nitrogens is 2. The number of hydrazine groups is 1. The highest BCUT2D eigenvalue weighted by Crippen LogP contribution is 2.41. The summed E-state index contributed by atoms with van der Waals surface area (Å²) in [6.45, 7) is 3.11. The highest BCUT2D eigenvalue weighted by molar-refractivity contribution is 5.94. The fourth-order valence-corrected chi connectivity index (χ4v) is 5.44. The first-order valence-electron chi connectivity index (χ1n) is 11.7. The van der Waals surface area contributed by atoms with Gasteiger partial charge in [0.15, 0.2) is 0 Å². The number of hydrogen-bond donors (Lipinski definition) is 3. The van der Waals surface area contributed by atoms with Crippen molar-refractivity contribution in [2.75, 3.05) is 18.4 Å². The van der Waals surface area contributed by atoms with E-state index in [-0.39, 0.29) is 23.8 Å². The van der Waals surface area contributed by atoms with E-state index in [0.29, 0.717) is 18.7 Å². The van der Waals surface area contributed by atoms with Crippen LogP contribution in [-0.2, 0) is 11.3 Å². The number of fused-ring (bicyclic) bond motifs is 1. The predicted molar refractivity (Wildman–Crippen MR) is 120 cm³/mol. The summed E-state index contributed by atoms with van der Waals surface area (Å²) in [5, 5.41) is 2.87. The number of likely N-dealkylation sites (tertiary alicyclic amines) is 1. The van der Waals surface area contributed by atoms with Gasteiger partial charge in [-0.25, -0.2) is 14.8 Å². The van der Waals surface area contributed by atoms with Crippen LogP contribution in [0.3, 0.4) is 0 Å². The number of nitrogens with one attached hydrogen (secondary N) is 3. The molecular weight excluding hydrogens is 407 g/mol. The molecule has 4 heterocycles. The molecule has 5 atom stereocenters. The minimum Gasteiger partial charge on any atom is -0.309 e. The van der Waals surface area contributed by atoms with Crippen molar-refractivity contribution < 1.29 is 9.18 Å². The van der Waals surface area contributed by atoms with E-state index < -0.39 is 12.2 Å². The lowest BCUT2D eigenvalue weighted by molar-refractivity contribution is -0.119. The maximum atomic E-state index is 15.2. The molecule has 7 nitrogen and oxygen atoms in total. The van der Waals surface area contributed by atoms with Crippen molar-refractivity contribution in [3.63, 3.8) is 0 Å². The summed E-state index contributed by atoms with van der Waals surface area (Å²) in [4.78, 5) is 24.0. The van der Waals surface area contributed by atoms with Crippen LogP contribution in [0.15, 0.2) is 42.9 Å². The van der Waals surface area contributed by atoms with E-state index in [1.54, 1.807) is 18.5 Å². The summed E-state index contributed by atoms with van der Waals surface area (Å²) in [6.07, 6.45) is 9.16. The van der Waals surface area contributed by atoms with Gasteiger partial charge in [0.25, 0.3) is 0 Å². The van der Waals surface area contributed by atoms with Crippen molar-refractivity contribution in [2.45, 2.75) is 62.8 Å². The topological polar surface area (TPSA) is 82.2 Å². The second-order valence-electron chi connectivity index (χ2n) is 9.30. The average Bonchev–Trinajstić information content (AvgIpc) is 3.23. The Hall–Kier alpha value is -2.42. The van der Waals surface area contributed by atoms with Crippen molar-refractivity contribution in [2.24, 2.45) is 5.92 Å². The van der Waals surface area contributed by atoms with Gasteiger partial charge >= 0.3 is 0 Å². The van der Waals surface area contributed by atoms with Gasteiger partial charge in [-0.15, -0.1) is 0 Å². The number of carbonyl (C=O) groups excluding carboxylic acids is 1. The quantitative estimate of drug-likeness (QED) is 0.666. The molecule has 8 heteroatoms. The van der Waals surface area contributed by atoms with Gasteiger partial charge in [0.1, 0.15) is 18.0 Å². The summed E-state index contributed by atoms with van der Waals surface area (Å²) < 4.78 is 15.2. The third-order valence-corrected chi connectivity index (χ3v) is 7.11. The van der Waals surface area contributed by atoms with Gasteiger partial charge in [-0.1, -0.05) is 18.6 Å². The second-order valence-corrected chi connectivity index (χ2v) is 9.30. The molecule has 5 unspecified atom stereocenters. The molecule has 3 aliphatic rings. The number of amides is 1. The Bertz CT molecular complexity index is 922. The zero-order chi connectivity index (χ0) is 21.9. The number of nitrogens with zero attached hydrogens (tertiary/aromatic N) is 3. The van der Waals surface area contributed by atoms with Gasteiger partial charge in [-0.3, -0.25) is 20.1 Å². The third-order valence-electron chi connectivity index (χ3n) is 7.11. The molecule has 0 aromatic carbocycles. The van der Waals surface area contributed by atoms with Crippen molar-refractivity contribution in [3.8, 4) is 0 Å². The minimum absolute atomic E-state index is 0.00135. The largest absolute Gasteiger partial charge is 0.309 e. The Morgan fingerprint density at radius 1 is 1.16 bits per heavy atom. The molecule has 0 spiro atoms. The van der Waals surface area contributed by atoms with Crippen LogP contribution in [0.25, 0.3) is 0 Å². The molecule has 2 aliphatic heterocycles. The standard InChI is InChI=1S/C24H31FN6O/c25-20-12-21-19(23(30-29-21)24(32)28-22-6-2-3-7-27-22)11-18(20)17-10-16(13-26-14-17)15-31-8-4-1-5-9-31/h2-3,6-7,10,13-14,18-21,23,29-30H,1,4-5,8-9,11-12,15H2,(H,27,28,32). The molecule has 1 aliphatic carbocycles. The Kier molecular flexibility index (Phi) is 6.43. The van der Waals surface area contributed by atoms with Crippen LogP contribution in [0.2, 0.25) is 0 Å². The molecule has 5 rings (SSSR count). The van der Waals surface area contributed by atoms with E-state index in [1.165, 1.54) is 19.3 Å². The third kappa shape index (κ3) is 4.67. The highest BCUT2D eigenvalue weighted by atomic mass is 19.1. The van der Waals surface area contributed by atoms with Crippen molar-refractivity contribution in [1.29, 1.82) is 0 Å². The van der Waals surface area contributed by atoms with Crippen LogP contribution in [0.5, 0.6) is 0 Å². The smallest absolute Gasteiger partial charge is 0.244 e. The average molecular weight is 439 g/mol. The van der Waals surface area contributed by atoms with Crippen LogP contribution in [0, 0.1) is 5.92 Å². The van der Waals surface area contributed by atoms with Crippen LogP contribution >= 0.6 is 0 Å². The monoisotopic (exact) mass is 438 g/mol. The molecule has 170 valence electrons. The van der Waals surface area contributed by atoms with E-state index in [4.69, 9.17) is 0 Å². The van der Waals surface area contributed by atoms with Crippen molar-refractivity contribution >= 4 is 11.7 Å². The predicted octanol–water partition coefficient (Wildman–Crippen LogP) is 2.78. The number of carbonyl (C=O) groups is 1. The van der Waals surface area contributed by atoms with Gasteiger partial charge < -0.3 is 5.32 Å². The molecule has 32 heavy (non-hydrogen) atoms. The highest BCUT2D eigenvalue weighted by Gasteiger charge is 2.47.